The lowest BCUT2D eigenvalue weighted by Gasteiger charge is -1.97. The van der Waals surface area contributed by atoms with Gasteiger partial charge in [0.1, 0.15) is 0 Å². The summed E-state index contributed by atoms with van der Waals surface area (Å²) in [5.41, 5.74) is 0.743. The van der Waals surface area contributed by atoms with E-state index in [1.54, 1.807) is 22.7 Å². The van der Waals surface area contributed by atoms with Gasteiger partial charge in [-0.1, -0.05) is 6.07 Å². The van der Waals surface area contributed by atoms with Crippen LogP contribution in [-0.2, 0) is 0 Å². The molecule has 0 bridgehead atoms. The predicted octanol–water partition coefficient (Wildman–Crippen LogP) is 3.90. The minimum atomic E-state index is -0.00341. The second kappa shape index (κ2) is 4.26. The van der Waals surface area contributed by atoms with Crippen LogP contribution >= 0.6 is 34.3 Å². The Labute approximate surface area is 95.0 Å². The Balaban J connectivity index is 2.45. The van der Waals surface area contributed by atoms with Crippen molar-refractivity contribution in [2.45, 2.75) is 0 Å². The number of alkyl halides is 1. The van der Waals surface area contributed by atoms with E-state index in [9.17, 15) is 4.79 Å². The molecule has 0 atom stereocenters. The molecule has 0 spiro atoms. The van der Waals surface area contributed by atoms with E-state index < -0.39 is 0 Å². The molecule has 2 heterocycles. The zero-order valence-electron chi connectivity index (χ0n) is 7.20. The highest BCUT2D eigenvalue weighted by atomic mass is 35.5. The highest BCUT2D eigenvalue weighted by Gasteiger charge is 2.13. The molecular weight excluding hydrogens is 236 g/mol. The van der Waals surface area contributed by atoms with Gasteiger partial charge >= 0.3 is 0 Å². The topological polar surface area (TPSA) is 17.1 Å². The minimum Gasteiger partial charge on any atom is -0.293 e. The van der Waals surface area contributed by atoms with Gasteiger partial charge in [-0.3, -0.25) is 4.79 Å². The first-order valence-electron chi connectivity index (χ1n) is 4.03. The molecule has 2 aromatic rings. The van der Waals surface area contributed by atoms with Gasteiger partial charge in [0.25, 0.3) is 0 Å². The summed E-state index contributed by atoms with van der Waals surface area (Å²) in [6.07, 6.45) is 0. The molecule has 2 rings (SSSR count). The van der Waals surface area contributed by atoms with Gasteiger partial charge in [-0.05, 0) is 22.9 Å². The molecule has 0 unspecified atom stereocenters. The van der Waals surface area contributed by atoms with Crippen LogP contribution in [0.1, 0.15) is 10.4 Å². The SMILES string of the molecule is O=C(CCl)c1ccsc1-c1cccs1. The first-order chi connectivity index (χ1) is 6.83. The molecule has 0 saturated heterocycles. The molecule has 14 heavy (non-hydrogen) atoms. The fourth-order valence-corrected chi connectivity index (χ4v) is 3.14. The third-order valence-corrected chi connectivity index (χ3v) is 4.04. The van der Waals surface area contributed by atoms with Gasteiger partial charge in [0.05, 0.1) is 10.8 Å². The summed E-state index contributed by atoms with van der Waals surface area (Å²) < 4.78 is 0. The predicted molar refractivity (Wildman–Crippen MR) is 62.7 cm³/mol. The van der Waals surface area contributed by atoms with Crippen molar-refractivity contribution in [3.05, 3.63) is 34.5 Å². The molecule has 0 amide bonds. The Morgan fingerprint density at radius 3 is 2.79 bits per heavy atom. The second-order valence-corrected chi connectivity index (χ2v) is 4.83. The molecule has 0 saturated carbocycles. The van der Waals surface area contributed by atoms with Gasteiger partial charge < -0.3 is 0 Å². The van der Waals surface area contributed by atoms with Crippen molar-refractivity contribution in [3.63, 3.8) is 0 Å². The average Bonchev–Trinajstić information content (AvgIpc) is 2.85. The largest absolute Gasteiger partial charge is 0.293 e. The Kier molecular flexibility index (Phi) is 3.01. The Morgan fingerprint density at radius 2 is 2.14 bits per heavy atom. The van der Waals surface area contributed by atoms with Crippen molar-refractivity contribution in [2.75, 3.05) is 5.88 Å². The number of halogens is 1. The van der Waals surface area contributed by atoms with Crippen molar-refractivity contribution < 1.29 is 4.79 Å². The van der Waals surface area contributed by atoms with Crippen molar-refractivity contribution in [2.24, 2.45) is 0 Å². The third kappa shape index (κ3) is 1.75. The number of carbonyl (C=O) groups excluding carboxylic acids is 1. The van der Waals surface area contributed by atoms with E-state index in [1.807, 2.05) is 29.0 Å². The summed E-state index contributed by atoms with van der Waals surface area (Å²) in [5.74, 6) is 0.0473. The third-order valence-electron chi connectivity index (χ3n) is 1.83. The lowest BCUT2D eigenvalue weighted by Crippen LogP contribution is -1.99. The van der Waals surface area contributed by atoms with Crippen LogP contribution in [0.15, 0.2) is 29.0 Å². The highest BCUT2D eigenvalue weighted by molar-refractivity contribution is 7.20. The highest BCUT2D eigenvalue weighted by Crippen LogP contribution is 2.33. The molecule has 1 nitrogen and oxygen atoms in total. The summed E-state index contributed by atoms with van der Waals surface area (Å²) in [6, 6.07) is 5.83. The van der Waals surface area contributed by atoms with Crippen LogP contribution in [0.4, 0.5) is 0 Å². The number of hydrogen-bond acceptors (Lipinski definition) is 3. The lowest BCUT2D eigenvalue weighted by molar-refractivity contribution is 0.102. The maximum atomic E-state index is 11.5. The van der Waals surface area contributed by atoms with E-state index in [0.29, 0.717) is 0 Å². The van der Waals surface area contributed by atoms with Gasteiger partial charge in [-0.25, -0.2) is 0 Å². The van der Waals surface area contributed by atoms with E-state index >= 15 is 0 Å². The first-order valence-corrected chi connectivity index (χ1v) is 6.33. The van der Waals surface area contributed by atoms with Gasteiger partial charge in [-0.15, -0.1) is 34.3 Å². The standard InChI is InChI=1S/C10H7ClOS2/c11-6-8(12)7-3-5-14-10(7)9-2-1-4-13-9/h1-5H,6H2. The molecule has 0 aliphatic carbocycles. The maximum Gasteiger partial charge on any atom is 0.179 e. The van der Waals surface area contributed by atoms with Crippen LogP contribution in [0.25, 0.3) is 9.75 Å². The number of thiophene rings is 2. The molecule has 0 radical (unpaired) electrons. The molecule has 72 valence electrons. The Hall–Kier alpha value is -0.640. The van der Waals surface area contributed by atoms with Gasteiger partial charge in [0.2, 0.25) is 0 Å². The smallest absolute Gasteiger partial charge is 0.179 e. The zero-order chi connectivity index (χ0) is 9.97. The molecule has 0 N–H and O–H groups in total. The van der Waals surface area contributed by atoms with Gasteiger partial charge in [0.15, 0.2) is 5.78 Å². The average molecular weight is 243 g/mol. The summed E-state index contributed by atoms with van der Waals surface area (Å²) >= 11 is 8.76. The van der Waals surface area contributed by atoms with Crippen LogP contribution in [0.5, 0.6) is 0 Å². The molecule has 0 aromatic carbocycles. The summed E-state index contributed by atoms with van der Waals surface area (Å²) in [6.45, 7) is 0. The Morgan fingerprint density at radius 1 is 1.29 bits per heavy atom. The molecule has 2 aromatic heterocycles. The molecule has 0 aliphatic rings. The number of rotatable bonds is 3. The lowest BCUT2D eigenvalue weighted by atomic mass is 10.2. The summed E-state index contributed by atoms with van der Waals surface area (Å²) in [7, 11) is 0. The van der Waals surface area contributed by atoms with E-state index in [0.717, 1.165) is 15.3 Å². The van der Waals surface area contributed by atoms with Crippen LogP contribution in [0.3, 0.4) is 0 Å². The normalized spacial score (nSPS) is 10.4. The molecule has 4 heteroatoms. The van der Waals surface area contributed by atoms with Gasteiger partial charge in [0, 0.05) is 10.4 Å². The minimum absolute atomic E-state index is 0.00341. The number of Topliss-reactive ketones (excluding diaryl/α,β-unsaturated/α-hetero) is 1. The fourth-order valence-electron chi connectivity index (χ4n) is 1.20. The first kappa shape index (κ1) is 9.90. The zero-order valence-corrected chi connectivity index (χ0v) is 9.59. The molecular formula is C10H7ClOS2. The van der Waals surface area contributed by atoms with Crippen molar-refractivity contribution >= 4 is 40.1 Å². The number of carbonyl (C=O) groups is 1. The number of hydrogen-bond donors (Lipinski definition) is 0. The second-order valence-electron chi connectivity index (χ2n) is 2.70. The van der Waals surface area contributed by atoms with Crippen LogP contribution in [-0.4, -0.2) is 11.7 Å². The molecule has 0 aliphatic heterocycles. The monoisotopic (exact) mass is 242 g/mol. The number of ketones is 1. The van der Waals surface area contributed by atoms with E-state index in [-0.39, 0.29) is 11.7 Å². The van der Waals surface area contributed by atoms with Crippen LogP contribution in [0.2, 0.25) is 0 Å². The summed E-state index contributed by atoms with van der Waals surface area (Å²) in [4.78, 5) is 13.6. The maximum absolute atomic E-state index is 11.5. The molecule has 0 fully saturated rings. The van der Waals surface area contributed by atoms with E-state index in [2.05, 4.69) is 0 Å². The van der Waals surface area contributed by atoms with Crippen molar-refractivity contribution in [3.8, 4) is 9.75 Å². The van der Waals surface area contributed by atoms with E-state index in [4.69, 9.17) is 11.6 Å². The van der Waals surface area contributed by atoms with Gasteiger partial charge in [-0.2, -0.15) is 0 Å². The van der Waals surface area contributed by atoms with Crippen LogP contribution < -0.4 is 0 Å². The van der Waals surface area contributed by atoms with Crippen LogP contribution in [0, 0.1) is 0 Å². The van der Waals surface area contributed by atoms with Crippen molar-refractivity contribution in [1.82, 2.24) is 0 Å². The van der Waals surface area contributed by atoms with Crippen molar-refractivity contribution in [1.29, 1.82) is 0 Å². The fraction of sp³-hybridized carbons (Fsp3) is 0.100. The Bertz CT molecular complexity index is 431. The van der Waals surface area contributed by atoms with E-state index in [1.165, 1.54) is 0 Å². The quantitative estimate of drug-likeness (QED) is 0.589. The summed E-state index contributed by atoms with van der Waals surface area (Å²) in [5, 5.41) is 3.93.